The van der Waals surface area contributed by atoms with Gasteiger partial charge in [0.2, 0.25) is 0 Å². The van der Waals surface area contributed by atoms with Crippen molar-refractivity contribution in [3.63, 3.8) is 0 Å². The molecule has 0 spiro atoms. The van der Waals surface area contributed by atoms with Crippen LogP contribution in [0.15, 0.2) is 193 Å². The number of rotatable bonds is 5. The summed E-state index contributed by atoms with van der Waals surface area (Å²) in [4.78, 5) is 4.59. The fourth-order valence-corrected chi connectivity index (χ4v) is 10.6. The first-order valence-corrected chi connectivity index (χ1v) is 20.8. The van der Waals surface area contributed by atoms with E-state index in [2.05, 4.69) is 175 Å². The van der Waals surface area contributed by atoms with E-state index in [1.807, 2.05) is 41.0 Å². The molecule has 0 atom stereocenters. The molecular weight excluding hydrogens is 731 g/mol. The Balaban J connectivity index is 0.881. The van der Waals surface area contributed by atoms with Gasteiger partial charge in [-0.3, -0.25) is 4.98 Å². The molecule has 0 radical (unpaired) electrons. The molecule has 266 valence electrons. The van der Waals surface area contributed by atoms with E-state index in [1.54, 1.807) is 0 Å². The maximum absolute atomic E-state index is 6.04. The molecule has 0 aliphatic carbocycles. The number of thiophene rings is 2. The van der Waals surface area contributed by atoms with Crippen molar-refractivity contribution in [1.29, 1.82) is 0 Å². The van der Waals surface area contributed by atoms with E-state index in [9.17, 15) is 0 Å². The second-order valence-electron chi connectivity index (χ2n) is 14.7. The molecule has 8 aromatic carbocycles. The lowest BCUT2D eigenvalue weighted by molar-refractivity contribution is 0.668. The van der Waals surface area contributed by atoms with Crippen molar-refractivity contribution in [3.05, 3.63) is 188 Å². The van der Waals surface area contributed by atoms with E-state index < -0.39 is 0 Å². The number of pyridine rings is 1. The van der Waals surface area contributed by atoms with Gasteiger partial charge in [0, 0.05) is 51.9 Å². The van der Waals surface area contributed by atoms with E-state index >= 15 is 0 Å². The number of hydrogen-bond acceptors (Lipinski definition) is 4. The molecule has 0 fully saturated rings. The van der Waals surface area contributed by atoms with Crippen molar-refractivity contribution in [2.75, 3.05) is 0 Å². The zero-order chi connectivity index (χ0) is 37.5. The second-order valence-corrected chi connectivity index (χ2v) is 16.9. The second kappa shape index (κ2) is 12.9. The van der Waals surface area contributed by atoms with Gasteiger partial charge in [0.25, 0.3) is 0 Å². The minimum absolute atomic E-state index is 0.812. The molecule has 12 aromatic rings. The molecule has 0 unspecified atom stereocenters. The quantitative estimate of drug-likeness (QED) is 0.175. The molecular formula is C53H31NOS2. The fraction of sp³-hybridized carbons (Fsp3) is 0. The highest BCUT2D eigenvalue weighted by Crippen LogP contribution is 2.41. The Morgan fingerprint density at radius 1 is 0.298 bits per heavy atom. The summed E-state index contributed by atoms with van der Waals surface area (Å²) in [5.74, 6) is 0. The minimum atomic E-state index is 0.812. The number of hydrogen-bond donors (Lipinski definition) is 0. The van der Waals surface area contributed by atoms with Gasteiger partial charge in [0.05, 0.1) is 0 Å². The van der Waals surface area contributed by atoms with E-state index in [1.165, 1.54) is 84.9 Å². The van der Waals surface area contributed by atoms with Crippen molar-refractivity contribution in [2.45, 2.75) is 0 Å². The first kappa shape index (κ1) is 32.4. The van der Waals surface area contributed by atoms with Crippen LogP contribution in [0.5, 0.6) is 0 Å². The Bertz CT molecular complexity index is 3550. The number of fused-ring (bicyclic) bond motifs is 9. The summed E-state index contributed by atoms with van der Waals surface area (Å²) in [6.07, 6.45) is 1.82. The SMILES string of the molecule is c1cc(-c2cccc(-c3ccc4oc5cccnc5c4c3)c2)cc(-c2ccc3sc4ccc(-c5cccc(-c6ccc7sc8ccccc8c7c6)c5)cc4c3c2)c1. The monoisotopic (exact) mass is 761 g/mol. The largest absolute Gasteiger partial charge is 0.454 e. The van der Waals surface area contributed by atoms with Crippen LogP contribution in [-0.2, 0) is 0 Å². The van der Waals surface area contributed by atoms with Crippen LogP contribution in [0, 0.1) is 0 Å². The predicted molar refractivity (Wildman–Crippen MR) is 244 cm³/mol. The van der Waals surface area contributed by atoms with Gasteiger partial charge in [-0.25, -0.2) is 0 Å². The third-order valence-electron chi connectivity index (χ3n) is 11.3. The molecule has 4 heterocycles. The first-order chi connectivity index (χ1) is 28.2. The van der Waals surface area contributed by atoms with Gasteiger partial charge in [0.1, 0.15) is 11.1 Å². The third kappa shape index (κ3) is 5.48. The van der Waals surface area contributed by atoms with Gasteiger partial charge in [-0.1, -0.05) is 97.1 Å². The van der Waals surface area contributed by atoms with Crippen LogP contribution in [0.4, 0.5) is 0 Å². The number of aromatic nitrogens is 1. The average Bonchev–Trinajstić information content (AvgIpc) is 3.96. The van der Waals surface area contributed by atoms with E-state index in [0.29, 0.717) is 0 Å². The highest BCUT2D eigenvalue weighted by atomic mass is 32.1. The smallest absolute Gasteiger partial charge is 0.153 e. The summed E-state index contributed by atoms with van der Waals surface area (Å²) >= 11 is 3.73. The van der Waals surface area contributed by atoms with Gasteiger partial charge >= 0.3 is 0 Å². The van der Waals surface area contributed by atoms with Gasteiger partial charge in [-0.15, -0.1) is 22.7 Å². The van der Waals surface area contributed by atoms with E-state index in [4.69, 9.17) is 4.42 Å². The molecule has 12 rings (SSSR count). The molecule has 0 bridgehead atoms. The molecule has 0 saturated heterocycles. The molecule has 0 N–H and O–H groups in total. The average molecular weight is 762 g/mol. The summed E-state index contributed by atoms with van der Waals surface area (Å²) < 4.78 is 11.3. The van der Waals surface area contributed by atoms with Gasteiger partial charge < -0.3 is 4.42 Å². The topological polar surface area (TPSA) is 26.0 Å². The minimum Gasteiger partial charge on any atom is -0.454 e. The summed E-state index contributed by atoms with van der Waals surface area (Å²) in [6.45, 7) is 0. The Morgan fingerprint density at radius 3 is 1.25 bits per heavy atom. The Labute approximate surface area is 336 Å². The van der Waals surface area contributed by atoms with Crippen LogP contribution in [0.2, 0.25) is 0 Å². The van der Waals surface area contributed by atoms with Crippen molar-refractivity contribution < 1.29 is 4.42 Å². The van der Waals surface area contributed by atoms with Gasteiger partial charge in [-0.05, 0) is 141 Å². The number of furan rings is 1. The molecule has 0 aliphatic rings. The molecule has 0 amide bonds. The van der Waals surface area contributed by atoms with Crippen LogP contribution in [-0.4, -0.2) is 4.98 Å². The van der Waals surface area contributed by atoms with Crippen molar-refractivity contribution >= 4 is 85.1 Å². The Kier molecular flexibility index (Phi) is 7.31. The summed E-state index contributed by atoms with van der Waals surface area (Å²) in [7, 11) is 0. The normalized spacial score (nSPS) is 11.9. The van der Waals surface area contributed by atoms with E-state index in [-0.39, 0.29) is 0 Å². The summed E-state index contributed by atoms with van der Waals surface area (Å²) in [5.41, 5.74) is 14.6. The Morgan fingerprint density at radius 2 is 0.719 bits per heavy atom. The van der Waals surface area contributed by atoms with Crippen LogP contribution >= 0.6 is 22.7 Å². The standard InChI is InChI=1S/C53H31NOS2/c1-2-15-49-42(13-1)43-28-39(17-21-50(43)56-49)36-11-5-12-37(27-36)41-19-23-52-45(30-41)44-29-40(18-22-51(44)57-52)35-10-4-8-33(26-35)32-7-3-9-34(25-32)38-16-20-47-46(31-38)53-48(55-47)14-6-24-54-53/h1-31H. The molecule has 2 nitrogen and oxygen atoms in total. The number of benzene rings is 8. The summed E-state index contributed by atoms with van der Waals surface area (Å²) in [5, 5.41) is 6.29. The lowest BCUT2D eigenvalue weighted by Gasteiger charge is -2.09. The van der Waals surface area contributed by atoms with Gasteiger partial charge in [0.15, 0.2) is 5.58 Å². The highest BCUT2D eigenvalue weighted by molar-refractivity contribution is 7.26. The maximum Gasteiger partial charge on any atom is 0.153 e. The maximum atomic E-state index is 6.04. The lowest BCUT2D eigenvalue weighted by Crippen LogP contribution is -1.84. The van der Waals surface area contributed by atoms with Crippen molar-refractivity contribution in [1.82, 2.24) is 4.98 Å². The third-order valence-corrected chi connectivity index (χ3v) is 13.6. The summed E-state index contributed by atoms with van der Waals surface area (Å²) in [6, 6.07) is 66.5. The predicted octanol–water partition coefficient (Wildman–Crippen LogP) is 16.1. The van der Waals surface area contributed by atoms with E-state index in [0.717, 1.165) is 33.2 Å². The van der Waals surface area contributed by atoms with Gasteiger partial charge in [-0.2, -0.15) is 0 Å². The molecule has 0 saturated carbocycles. The van der Waals surface area contributed by atoms with Crippen LogP contribution in [0.1, 0.15) is 0 Å². The Hall–Kier alpha value is -6.85. The highest BCUT2D eigenvalue weighted by Gasteiger charge is 2.13. The van der Waals surface area contributed by atoms with Crippen LogP contribution < -0.4 is 0 Å². The molecule has 57 heavy (non-hydrogen) atoms. The number of nitrogens with zero attached hydrogens (tertiary/aromatic N) is 1. The van der Waals surface area contributed by atoms with Crippen molar-refractivity contribution in [2.24, 2.45) is 0 Å². The zero-order valence-corrected chi connectivity index (χ0v) is 32.2. The molecule has 4 aromatic heterocycles. The van der Waals surface area contributed by atoms with Crippen molar-refractivity contribution in [3.8, 4) is 55.6 Å². The lowest BCUT2D eigenvalue weighted by atomic mass is 9.95. The first-order valence-electron chi connectivity index (χ1n) is 19.2. The molecule has 0 aliphatic heterocycles. The van der Waals surface area contributed by atoms with Crippen LogP contribution in [0.3, 0.4) is 0 Å². The molecule has 4 heteroatoms. The van der Waals surface area contributed by atoms with Crippen LogP contribution in [0.25, 0.3) is 118 Å². The zero-order valence-electron chi connectivity index (χ0n) is 30.6. The fourth-order valence-electron chi connectivity index (χ4n) is 8.45.